The molecule has 0 radical (unpaired) electrons. The Kier molecular flexibility index (Phi) is 4.24. The number of carbonyl (C=O) groups is 1. The van der Waals surface area contributed by atoms with Crippen molar-refractivity contribution in [2.45, 2.75) is 18.6 Å². The lowest BCUT2D eigenvalue weighted by atomic mass is 9.85. The first-order valence-corrected chi connectivity index (χ1v) is 6.50. The van der Waals surface area contributed by atoms with E-state index in [0.29, 0.717) is 5.01 Å². The number of alkyl halides is 3. The van der Waals surface area contributed by atoms with E-state index in [4.69, 9.17) is 10.7 Å². The summed E-state index contributed by atoms with van der Waals surface area (Å²) in [7, 11) is 0. The van der Waals surface area contributed by atoms with Gasteiger partial charge in [0, 0.05) is 6.20 Å². The van der Waals surface area contributed by atoms with Crippen LogP contribution in [0.1, 0.15) is 6.92 Å². The summed E-state index contributed by atoms with van der Waals surface area (Å²) in [4.78, 5) is 15.8. The number of hydrazine groups is 1. The normalized spacial score (nSPS) is 24.4. The molecular formula is C13H12F3N5O2. The number of anilines is 1. The second kappa shape index (κ2) is 5.85. The van der Waals surface area contributed by atoms with Gasteiger partial charge in [-0.15, -0.1) is 0 Å². The molecule has 2 N–H and O–H groups in total. The molecule has 2 rings (SSSR count). The fourth-order valence-electron chi connectivity index (χ4n) is 2.21. The van der Waals surface area contributed by atoms with Crippen molar-refractivity contribution in [2.24, 2.45) is 5.92 Å². The first kappa shape index (κ1) is 16.7. The van der Waals surface area contributed by atoms with Crippen LogP contribution in [0.3, 0.4) is 0 Å². The van der Waals surface area contributed by atoms with Crippen LogP contribution in [0.2, 0.25) is 0 Å². The van der Waals surface area contributed by atoms with E-state index in [0.717, 1.165) is 0 Å². The van der Waals surface area contributed by atoms with Gasteiger partial charge in [0.25, 0.3) is 5.54 Å². The Bertz CT molecular complexity index is 658. The number of nitrogens with one attached hydrogen (secondary N) is 2. The average Bonchev–Trinajstić information content (AvgIpc) is 2.82. The Hall–Kier alpha value is -2.67. The highest BCUT2D eigenvalue weighted by Crippen LogP contribution is 2.42. The van der Waals surface area contributed by atoms with Gasteiger partial charge in [-0.05, 0) is 19.1 Å². The maximum atomic E-state index is 13.6. The van der Waals surface area contributed by atoms with Crippen molar-refractivity contribution in [2.75, 3.05) is 11.6 Å². The number of amidine groups is 1. The lowest BCUT2D eigenvalue weighted by molar-refractivity contribution is -0.214. The Balaban J connectivity index is 2.56. The number of aromatic nitrogens is 1. The zero-order chi connectivity index (χ0) is 17.3. The second-order valence-electron chi connectivity index (χ2n) is 4.61. The van der Waals surface area contributed by atoms with Crippen LogP contribution in [0.15, 0.2) is 24.4 Å². The SMILES string of the molecule is CCOC(=O)C1(C(F)(F)F)NN(c2ccccn2)C(=N)C1C#N. The number of nitriles is 1. The summed E-state index contributed by atoms with van der Waals surface area (Å²) < 4.78 is 45.4. The first-order valence-electron chi connectivity index (χ1n) is 6.50. The van der Waals surface area contributed by atoms with Crippen LogP contribution in [0.25, 0.3) is 0 Å². The summed E-state index contributed by atoms with van der Waals surface area (Å²) in [6.45, 7) is 1.05. The van der Waals surface area contributed by atoms with Crippen LogP contribution in [0.4, 0.5) is 19.0 Å². The number of carbonyl (C=O) groups excluding carboxylic acids is 1. The molecule has 0 saturated carbocycles. The zero-order valence-electron chi connectivity index (χ0n) is 11.9. The molecule has 0 aromatic carbocycles. The molecule has 23 heavy (non-hydrogen) atoms. The molecule has 1 aliphatic heterocycles. The minimum Gasteiger partial charge on any atom is -0.464 e. The number of hydrogen-bond donors (Lipinski definition) is 2. The molecule has 0 bridgehead atoms. The fourth-order valence-corrected chi connectivity index (χ4v) is 2.21. The average molecular weight is 327 g/mol. The predicted octanol–water partition coefficient (Wildman–Crippen LogP) is 1.39. The molecule has 122 valence electrons. The van der Waals surface area contributed by atoms with Crippen LogP contribution < -0.4 is 10.4 Å². The maximum Gasteiger partial charge on any atom is 0.420 e. The van der Waals surface area contributed by atoms with E-state index >= 15 is 0 Å². The van der Waals surface area contributed by atoms with Crippen LogP contribution in [-0.4, -0.2) is 35.1 Å². The third-order valence-corrected chi connectivity index (χ3v) is 3.29. The first-order chi connectivity index (χ1) is 10.8. The number of rotatable bonds is 3. The van der Waals surface area contributed by atoms with Gasteiger partial charge in [-0.25, -0.2) is 20.2 Å². The quantitative estimate of drug-likeness (QED) is 0.813. The van der Waals surface area contributed by atoms with Crippen molar-refractivity contribution >= 4 is 17.6 Å². The molecule has 2 unspecified atom stereocenters. The van der Waals surface area contributed by atoms with Crippen molar-refractivity contribution in [1.82, 2.24) is 10.4 Å². The third kappa shape index (κ3) is 2.49. The van der Waals surface area contributed by atoms with Crippen molar-refractivity contribution in [1.29, 1.82) is 10.7 Å². The van der Waals surface area contributed by atoms with E-state index in [-0.39, 0.29) is 12.4 Å². The van der Waals surface area contributed by atoms with Crippen LogP contribution >= 0.6 is 0 Å². The van der Waals surface area contributed by atoms with Gasteiger partial charge in [0.15, 0.2) is 0 Å². The summed E-state index contributed by atoms with van der Waals surface area (Å²) >= 11 is 0. The van der Waals surface area contributed by atoms with Gasteiger partial charge in [0.1, 0.15) is 17.6 Å². The van der Waals surface area contributed by atoms with Crippen LogP contribution in [0, 0.1) is 22.7 Å². The second-order valence-corrected chi connectivity index (χ2v) is 4.61. The Morgan fingerprint density at radius 3 is 2.78 bits per heavy atom. The van der Waals surface area contributed by atoms with Gasteiger partial charge < -0.3 is 4.74 Å². The van der Waals surface area contributed by atoms with E-state index < -0.39 is 29.4 Å². The van der Waals surface area contributed by atoms with Gasteiger partial charge in [-0.1, -0.05) is 6.07 Å². The molecule has 0 amide bonds. The number of pyridine rings is 1. The highest BCUT2D eigenvalue weighted by atomic mass is 19.4. The molecule has 1 aliphatic rings. The zero-order valence-corrected chi connectivity index (χ0v) is 11.9. The monoisotopic (exact) mass is 327 g/mol. The number of esters is 1. The number of halogens is 3. The molecule has 1 aromatic rings. The summed E-state index contributed by atoms with van der Waals surface area (Å²) in [5.41, 5.74) is -1.43. The molecule has 1 fully saturated rings. The van der Waals surface area contributed by atoms with Crippen molar-refractivity contribution in [3.05, 3.63) is 24.4 Å². The Morgan fingerprint density at radius 2 is 2.30 bits per heavy atom. The largest absolute Gasteiger partial charge is 0.464 e. The van der Waals surface area contributed by atoms with E-state index in [1.54, 1.807) is 0 Å². The highest BCUT2D eigenvalue weighted by Gasteiger charge is 2.72. The number of nitrogens with zero attached hydrogens (tertiary/aromatic N) is 3. The topological polar surface area (TPSA) is 102 Å². The maximum absolute atomic E-state index is 13.6. The lowest BCUT2D eigenvalue weighted by Gasteiger charge is -2.31. The molecule has 0 aliphatic carbocycles. The van der Waals surface area contributed by atoms with Gasteiger partial charge in [-0.2, -0.15) is 18.4 Å². The van der Waals surface area contributed by atoms with Crippen LogP contribution in [0.5, 0.6) is 0 Å². The molecule has 10 heteroatoms. The standard InChI is InChI=1S/C13H12F3N5O2/c1-2-23-11(22)12(13(14,15)16)8(7-17)10(18)21(20-12)9-5-3-4-6-19-9/h3-6,8,18,20H,2H2,1H3. The molecule has 1 aromatic heterocycles. The fraction of sp³-hybridized carbons (Fsp3) is 0.385. The Morgan fingerprint density at radius 1 is 1.61 bits per heavy atom. The third-order valence-electron chi connectivity index (χ3n) is 3.29. The minimum absolute atomic E-state index is 0.0480. The smallest absolute Gasteiger partial charge is 0.420 e. The van der Waals surface area contributed by atoms with Gasteiger partial charge in [0.2, 0.25) is 0 Å². The van der Waals surface area contributed by atoms with E-state index in [2.05, 4.69) is 9.72 Å². The van der Waals surface area contributed by atoms with E-state index in [1.165, 1.54) is 37.4 Å². The summed E-state index contributed by atoms with van der Waals surface area (Å²) in [6.07, 6.45) is -3.85. The predicted molar refractivity (Wildman–Crippen MR) is 72.1 cm³/mol. The molecule has 1 saturated heterocycles. The molecule has 7 nitrogen and oxygen atoms in total. The van der Waals surface area contributed by atoms with Crippen LogP contribution in [-0.2, 0) is 9.53 Å². The summed E-state index contributed by atoms with van der Waals surface area (Å²) in [6, 6.07) is 5.75. The molecular weight excluding hydrogens is 315 g/mol. The van der Waals surface area contributed by atoms with Gasteiger partial charge in [-0.3, -0.25) is 5.41 Å². The summed E-state index contributed by atoms with van der Waals surface area (Å²) in [5.74, 6) is -4.56. The number of hydrogen-bond acceptors (Lipinski definition) is 6. The molecule has 2 atom stereocenters. The highest BCUT2D eigenvalue weighted by molar-refractivity contribution is 6.06. The van der Waals surface area contributed by atoms with E-state index in [1.807, 2.05) is 5.43 Å². The van der Waals surface area contributed by atoms with Crippen molar-refractivity contribution in [3.63, 3.8) is 0 Å². The molecule has 2 heterocycles. The minimum atomic E-state index is -5.16. The van der Waals surface area contributed by atoms with Gasteiger partial charge >= 0.3 is 12.1 Å². The van der Waals surface area contributed by atoms with Crippen molar-refractivity contribution < 1.29 is 22.7 Å². The lowest BCUT2D eigenvalue weighted by Crippen LogP contribution is -2.65. The summed E-state index contributed by atoms with van der Waals surface area (Å²) in [5, 5.41) is 17.7. The van der Waals surface area contributed by atoms with E-state index in [9.17, 15) is 18.0 Å². The van der Waals surface area contributed by atoms with Gasteiger partial charge in [0.05, 0.1) is 12.7 Å². The Labute approximate surface area is 129 Å². The number of ether oxygens (including phenoxy) is 1. The van der Waals surface area contributed by atoms with Crippen molar-refractivity contribution in [3.8, 4) is 6.07 Å². The molecule has 0 spiro atoms.